The summed E-state index contributed by atoms with van der Waals surface area (Å²) in [7, 11) is 0. The van der Waals surface area contributed by atoms with Gasteiger partial charge in [0.25, 0.3) is 0 Å². The Morgan fingerprint density at radius 1 is 0.833 bits per heavy atom. The van der Waals surface area contributed by atoms with Crippen molar-refractivity contribution in [3.05, 3.63) is 71.3 Å². The third-order valence-corrected chi connectivity index (χ3v) is 2.82. The topological polar surface area (TPSA) is 29.5 Å². The Morgan fingerprint density at radius 3 is 2.33 bits per heavy atom. The van der Waals surface area contributed by atoms with Crippen molar-refractivity contribution >= 4 is 0 Å². The first-order chi connectivity index (χ1) is 8.88. The molecule has 2 rings (SSSR count). The molecule has 2 nitrogen and oxygen atoms in total. The highest BCUT2D eigenvalue weighted by Crippen LogP contribution is 2.07. The molecule has 0 fully saturated rings. The van der Waals surface area contributed by atoms with Crippen molar-refractivity contribution in [2.75, 3.05) is 6.61 Å². The Hall–Kier alpha value is -1.64. The molecule has 18 heavy (non-hydrogen) atoms. The number of ether oxygens (including phenoxy) is 1. The van der Waals surface area contributed by atoms with Crippen LogP contribution in [0, 0.1) is 0 Å². The van der Waals surface area contributed by atoms with Crippen molar-refractivity contribution in [1.29, 1.82) is 0 Å². The van der Waals surface area contributed by atoms with Gasteiger partial charge >= 0.3 is 0 Å². The molecule has 94 valence electrons. The molecule has 0 aromatic heterocycles. The van der Waals surface area contributed by atoms with Crippen LogP contribution in [0.15, 0.2) is 54.6 Å². The summed E-state index contributed by atoms with van der Waals surface area (Å²) >= 11 is 0. The van der Waals surface area contributed by atoms with E-state index >= 15 is 0 Å². The largest absolute Gasteiger partial charge is 0.392 e. The van der Waals surface area contributed by atoms with Crippen molar-refractivity contribution in [3.63, 3.8) is 0 Å². The maximum absolute atomic E-state index is 9.05. The second kappa shape index (κ2) is 6.94. The van der Waals surface area contributed by atoms with Crippen molar-refractivity contribution in [2.45, 2.75) is 19.6 Å². The lowest BCUT2D eigenvalue weighted by atomic mass is 10.1. The molecule has 0 saturated heterocycles. The van der Waals surface area contributed by atoms with Crippen LogP contribution in [0.3, 0.4) is 0 Å². The standard InChI is InChI=1S/C16H18O2/c17-12-16-8-4-7-14(11-16)9-10-18-13-15-5-2-1-3-6-15/h1-8,11,17H,9-10,12-13H2. The fraction of sp³-hybridized carbons (Fsp3) is 0.250. The zero-order valence-corrected chi connectivity index (χ0v) is 10.4. The van der Waals surface area contributed by atoms with Gasteiger partial charge in [-0.05, 0) is 23.1 Å². The third kappa shape index (κ3) is 3.99. The summed E-state index contributed by atoms with van der Waals surface area (Å²) in [6, 6.07) is 18.1. The molecule has 2 aromatic carbocycles. The molecule has 0 unspecified atom stereocenters. The van der Waals surface area contributed by atoms with Gasteiger partial charge in [0.1, 0.15) is 0 Å². The quantitative estimate of drug-likeness (QED) is 0.789. The number of rotatable bonds is 6. The molecule has 0 amide bonds. The van der Waals surface area contributed by atoms with Gasteiger partial charge in [-0.25, -0.2) is 0 Å². The molecule has 0 bridgehead atoms. The highest BCUT2D eigenvalue weighted by Gasteiger charge is 1.96. The molecule has 0 aliphatic rings. The van der Waals surface area contributed by atoms with Crippen LogP contribution in [-0.4, -0.2) is 11.7 Å². The molecular weight excluding hydrogens is 224 g/mol. The van der Waals surface area contributed by atoms with Gasteiger partial charge in [0.15, 0.2) is 0 Å². The lowest BCUT2D eigenvalue weighted by Crippen LogP contribution is -1.99. The zero-order valence-electron chi connectivity index (χ0n) is 10.4. The Labute approximate surface area is 108 Å². The average Bonchev–Trinajstić information content (AvgIpc) is 2.45. The minimum Gasteiger partial charge on any atom is -0.392 e. The van der Waals surface area contributed by atoms with Crippen LogP contribution in [0.2, 0.25) is 0 Å². The van der Waals surface area contributed by atoms with Gasteiger partial charge in [0.2, 0.25) is 0 Å². The summed E-state index contributed by atoms with van der Waals surface area (Å²) in [6.45, 7) is 1.45. The molecule has 0 heterocycles. The third-order valence-electron chi connectivity index (χ3n) is 2.82. The molecule has 0 aliphatic carbocycles. The number of benzene rings is 2. The van der Waals surface area contributed by atoms with Gasteiger partial charge in [-0.15, -0.1) is 0 Å². The second-order valence-corrected chi connectivity index (χ2v) is 4.27. The average molecular weight is 242 g/mol. The summed E-state index contributed by atoms with van der Waals surface area (Å²) in [5.41, 5.74) is 3.35. The van der Waals surface area contributed by atoms with Crippen molar-refractivity contribution < 1.29 is 9.84 Å². The van der Waals surface area contributed by atoms with E-state index in [9.17, 15) is 0 Å². The van der Waals surface area contributed by atoms with E-state index in [4.69, 9.17) is 9.84 Å². The summed E-state index contributed by atoms with van der Waals surface area (Å²) in [5.74, 6) is 0. The van der Waals surface area contributed by atoms with Gasteiger partial charge in [0, 0.05) is 0 Å². The van der Waals surface area contributed by atoms with Crippen molar-refractivity contribution in [3.8, 4) is 0 Å². The highest BCUT2D eigenvalue weighted by atomic mass is 16.5. The molecular formula is C16H18O2. The minimum absolute atomic E-state index is 0.0959. The Morgan fingerprint density at radius 2 is 1.56 bits per heavy atom. The number of hydrogen-bond donors (Lipinski definition) is 1. The van der Waals surface area contributed by atoms with E-state index < -0.39 is 0 Å². The first kappa shape index (κ1) is 12.8. The van der Waals surface area contributed by atoms with Gasteiger partial charge in [-0.1, -0.05) is 54.6 Å². The van der Waals surface area contributed by atoms with E-state index in [0.29, 0.717) is 13.2 Å². The van der Waals surface area contributed by atoms with Gasteiger partial charge < -0.3 is 9.84 Å². The fourth-order valence-electron chi connectivity index (χ4n) is 1.84. The highest BCUT2D eigenvalue weighted by molar-refractivity contribution is 5.23. The molecule has 0 saturated carbocycles. The van der Waals surface area contributed by atoms with Crippen LogP contribution in [0.5, 0.6) is 0 Å². The second-order valence-electron chi connectivity index (χ2n) is 4.27. The number of aliphatic hydroxyl groups is 1. The summed E-state index contributed by atoms with van der Waals surface area (Å²) in [6.07, 6.45) is 0.876. The normalized spacial score (nSPS) is 10.5. The molecule has 2 aromatic rings. The lowest BCUT2D eigenvalue weighted by Gasteiger charge is -2.05. The minimum atomic E-state index is 0.0959. The zero-order chi connectivity index (χ0) is 12.6. The first-order valence-electron chi connectivity index (χ1n) is 6.19. The number of aliphatic hydroxyl groups excluding tert-OH is 1. The maximum Gasteiger partial charge on any atom is 0.0717 e. The van der Waals surface area contributed by atoms with E-state index in [0.717, 1.165) is 12.0 Å². The Kier molecular flexibility index (Phi) is 4.94. The van der Waals surface area contributed by atoms with Crippen molar-refractivity contribution in [1.82, 2.24) is 0 Å². The summed E-state index contributed by atoms with van der Waals surface area (Å²) in [4.78, 5) is 0. The molecule has 0 atom stereocenters. The van der Waals surface area contributed by atoms with Crippen LogP contribution in [0.25, 0.3) is 0 Å². The van der Waals surface area contributed by atoms with Crippen molar-refractivity contribution in [2.24, 2.45) is 0 Å². The molecule has 2 heteroatoms. The van der Waals surface area contributed by atoms with Crippen LogP contribution in [0.1, 0.15) is 16.7 Å². The van der Waals surface area contributed by atoms with E-state index in [-0.39, 0.29) is 6.61 Å². The Bertz CT molecular complexity index is 466. The number of hydrogen-bond acceptors (Lipinski definition) is 2. The smallest absolute Gasteiger partial charge is 0.0717 e. The fourth-order valence-corrected chi connectivity index (χ4v) is 1.84. The van der Waals surface area contributed by atoms with E-state index in [1.54, 1.807) is 0 Å². The monoisotopic (exact) mass is 242 g/mol. The Balaban J connectivity index is 1.75. The maximum atomic E-state index is 9.05. The first-order valence-corrected chi connectivity index (χ1v) is 6.19. The lowest BCUT2D eigenvalue weighted by molar-refractivity contribution is 0.124. The van der Waals surface area contributed by atoms with E-state index in [1.807, 2.05) is 36.4 Å². The van der Waals surface area contributed by atoms with Crippen LogP contribution in [0.4, 0.5) is 0 Å². The predicted molar refractivity (Wildman–Crippen MR) is 72.2 cm³/mol. The SMILES string of the molecule is OCc1cccc(CCOCc2ccccc2)c1. The molecule has 0 radical (unpaired) electrons. The van der Waals surface area contributed by atoms with Gasteiger partial charge in [0.05, 0.1) is 19.8 Å². The van der Waals surface area contributed by atoms with Gasteiger partial charge in [-0.2, -0.15) is 0 Å². The molecule has 0 spiro atoms. The molecule has 1 N–H and O–H groups in total. The summed E-state index contributed by atoms with van der Waals surface area (Å²) < 4.78 is 5.63. The van der Waals surface area contributed by atoms with Crippen LogP contribution < -0.4 is 0 Å². The molecule has 0 aliphatic heterocycles. The summed E-state index contributed by atoms with van der Waals surface area (Å²) in [5, 5.41) is 9.05. The van der Waals surface area contributed by atoms with Crippen LogP contribution in [-0.2, 0) is 24.4 Å². The van der Waals surface area contributed by atoms with E-state index in [2.05, 4.69) is 18.2 Å². The van der Waals surface area contributed by atoms with Gasteiger partial charge in [-0.3, -0.25) is 0 Å². The predicted octanol–water partition coefficient (Wildman–Crippen LogP) is 2.94. The van der Waals surface area contributed by atoms with E-state index in [1.165, 1.54) is 11.1 Å². The van der Waals surface area contributed by atoms with Crippen LogP contribution >= 0.6 is 0 Å².